The van der Waals surface area contributed by atoms with Crippen LogP contribution in [0.5, 0.6) is 0 Å². The van der Waals surface area contributed by atoms with Gasteiger partial charge >= 0.3 is 0 Å². The van der Waals surface area contributed by atoms with Gasteiger partial charge in [0.25, 0.3) is 0 Å². The van der Waals surface area contributed by atoms with Crippen molar-refractivity contribution < 1.29 is 8.91 Å². The fraction of sp³-hybridized carbons (Fsp3) is 0.500. The molecule has 4 rings (SSSR count). The maximum Gasteiger partial charge on any atom is 0.141 e. The largest absolute Gasteiger partial charge is 0.361 e. The third kappa shape index (κ3) is 2.37. The zero-order chi connectivity index (χ0) is 15.1. The second-order valence-corrected chi connectivity index (χ2v) is 6.23. The summed E-state index contributed by atoms with van der Waals surface area (Å²) in [6, 6.07) is 3.78. The SMILES string of the molecule is Cc1oncc1CN1CCC2CN(c3ccc(F)cn3)CC21. The van der Waals surface area contributed by atoms with Gasteiger partial charge in [0, 0.05) is 31.2 Å². The van der Waals surface area contributed by atoms with Crippen LogP contribution in [0, 0.1) is 18.7 Å². The van der Waals surface area contributed by atoms with Gasteiger partial charge in [-0.2, -0.15) is 0 Å². The molecule has 6 heteroatoms. The smallest absolute Gasteiger partial charge is 0.141 e. The van der Waals surface area contributed by atoms with E-state index in [-0.39, 0.29) is 5.82 Å². The van der Waals surface area contributed by atoms with E-state index in [1.165, 1.54) is 24.2 Å². The molecule has 2 fully saturated rings. The third-order valence-corrected chi connectivity index (χ3v) is 4.92. The topological polar surface area (TPSA) is 45.4 Å². The predicted molar refractivity (Wildman–Crippen MR) is 80.0 cm³/mol. The van der Waals surface area contributed by atoms with Gasteiger partial charge in [0.2, 0.25) is 0 Å². The molecule has 5 nitrogen and oxygen atoms in total. The summed E-state index contributed by atoms with van der Waals surface area (Å²) >= 11 is 0. The van der Waals surface area contributed by atoms with Gasteiger partial charge in [-0.3, -0.25) is 4.90 Å². The summed E-state index contributed by atoms with van der Waals surface area (Å²) in [5.41, 5.74) is 1.17. The molecule has 2 aliphatic heterocycles. The molecule has 0 bridgehead atoms. The minimum absolute atomic E-state index is 0.285. The van der Waals surface area contributed by atoms with Crippen molar-refractivity contribution in [1.82, 2.24) is 15.0 Å². The molecule has 2 unspecified atom stereocenters. The summed E-state index contributed by atoms with van der Waals surface area (Å²) in [6.07, 6.45) is 4.31. The van der Waals surface area contributed by atoms with Crippen LogP contribution < -0.4 is 4.90 Å². The van der Waals surface area contributed by atoms with Gasteiger partial charge in [0.15, 0.2) is 0 Å². The lowest BCUT2D eigenvalue weighted by atomic mass is 10.1. The first-order valence-corrected chi connectivity index (χ1v) is 7.71. The predicted octanol–water partition coefficient (Wildman–Crippen LogP) is 2.23. The molecule has 0 aromatic carbocycles. The quantitative estimate of drug-likeness (QED) is 0.870. The maximum absolute atomic E-state index is 13.0. The van der Waals surface area contributed by atoms with Gasteiger partial charge < -0.3 is 9.42 Å². The molecule has 0 radical (unpaired) electrons. The highest BCUT2D eigenvalue weighted by molar-refractivity contribution is 5.40. The molecule has 0 N–H and O–H groups in total. The van der Waals surface area contributed by atoms with Gasteiger partial charge in [-0.15, -0.1) is 0 Å². The van der Waals surface area contributed by atoms with Crippen LogP contribution in [-0.4, -0.2) is 40.7 Å². The third-order valence-electron chi connectivity index (χ3n) is 4.92. The molecule has 22 heavy (non-hydrogen) atoms. The number of fused-ring (bicyclic) bond motifs is 1. The van der Waals surface area contributed by atoms with E-state index >= 15 is 0 Å². The minimum Gasteiger partial charge on any atom is -0.361 e. The number of anilines is 1. The van der Waals surface area contributed by atoms with E-state index in [9.17, 15) is 4.39 Å². The van der Waals surface area contributed by atoms with Crippen molar-refractivity contribution in [3.05, 3.63) is 41.7 Å². The van der Waals surface area contributed by atoms with E-state index in [2.05, 4.69) is 19.9 Å². The van der Waals surface area contributed by atoms with Crippen molar-refractivity contribution >= 4 is 5.82 Å². The Morgan fingerprint density at radius 3 is 2.95 bits per heavy atom. The summed E-state index contributed by atoms with van der Waals surface area (Å²) in [5, 5.41) is 3.86. The van der Waals surface area contributed by atoms with Crippen LogP contribution in [0.1, 0.15) is 17.7 Å². The Bertz CT molecular complexity index is 656. The number of hydrogen-bond donors (Lipinski definition) is 0. The van der Waals surface area contributed by atoms with Crippen LogP contribution in [0.4, 0.5) is 10.2 Å². The summed E-state index contributed by atoms with van der Waals surface area (Å²) < 4.78 is 18.2. The number of nitrogens with zero attached hydrogens (tertiary/aromatic N) is 4. The Morgan fingerprint density at radius 1 is 1.32 bits per heavy atom. The lowest BCUT2D eigenvalue weighted by molar-refractivity contribution is 0.244. The average molecular weight is 302 g/mol. The van der Waals surface area contributed by atoms with Crippen LogP contribution in [0.2, 0.25) is 0 Å². The Morgan fingerprint density at radius 2 is 2.23 bits per heavy atom. The number of rotatable bonds is 3. The molecule has 2 saturated heterocycles. The fourth-order valence-corrected chi connectivity index (χ4v) is 3.68. The van der Waals surface area contributed by atoms with Gasteiger partial charge in [-0.25, -0.2) is 9.37 Å². The normalized spacial score (nSPS) is 24.9. The number of pyridine rings is 1. The Labute approximate surface area is 128 Å². The number of likely N-dealkylation sites (tertiary alicyclic amines) is 1. The van der Waals surface area contributed by atoms with Gasteiger partial charge in [-0.05, 0) is 37.9 Å². The molecule has 2 aromatic heterocycles. The van der Waals surface area contributed by atoms with Gasteiger partial charge in [-0.1, -0.05) is 5.16 Å². The van der Waals surface area contributed by atoms with E-state index in [0.717, 1.165) is 37.8 Å². The van der Waals surface area contributed by atoms with Crippen LogP contribution in [0.15, 0.2) is 29.0 Å². The van der Waals surface area contributed by atoms with Gasteiger partial charge in [0.1, 0.15) is 17.4 Å². The molecule has 0 saturated carbocycles. The van der Waals surface area contributed by atoms with E-state index in [0.29, 0.717) is 12.0 Å². The first-order valence-electron chi connectivity index (χ1n) is 7.71. The summed E-state index contributed by atoms with van der Waals surface area (Å²) in [4.78, 5) is 8.98. The van der Waals surface area contributed by atoms with Crippen molar-refractivity contribution in [2.24, 2.45) is 5.92 Å². The monoisotopic (exact) mass is 302 g/mol. The maximum atomic E-state index is 13.0. The highest BCUT2D eigenvalue weighted by atomic mass is 19.1. The van der Waals surface area contributed by atoms with E-state index in [1.807, 2.05) is 13.1 Å². The zero-order valence-corrected chi connectivity index (χ0v) is 12.6. The van der Waals surface area contributed by atoms with Crippen LogP contribution >= 0.6 is 0 Å². The summed E-state index contributed by atoms with van der Waals surface area (Å²) in [6.45, 7) is 5.92. The molecule has 0 spiro atoms. The van der Waals surface area contributed by atoms with Crippen LogP contribution in [0.3, 0.4) is 0 Å². The van der Waals surface area contributed by atoms with Gasteiger partial charge in [0.05, 0.1) is 12.4 Å². The minimum atomic E-state index is -0.285. The first-order chi connectivity index (χ1) is 10.7. The molecule has 116 valence electrons. The van der Waals surface area contributed by atoms with Crippen molar-refractivity contribution in [3.8, 4) is 0 Å². The van der Waals surface area contributed by atoms with E-state index in [1.54, 1.807) is 6.07 Å². The molecule has 2 aliphatic rings. The molecular formula is C16H19FN4O. The first kappa shape index (κ1) is 13.7. The molecule has 2 aromatic rings. The summed E-state index contributed by atoms with van der Waals surface area (Å²) in [7, 11) is 0. The van der Waals surface area contributed by atoms with Crippen molar-refractivity contribution in [2.75, 3.05) is 24.5 Å². The van der Waals surface area contributed by atoms with E-state index in [4.69, 9.17) is 4.52 Å². The molecule has 4 heterocycles. The highest BCUT2D eigenvalue weighted by Crippen LogP contribution is 2.34. The number of aromatic nitrogens is 2. The summed E-state index contributed by atoms with van der Waals surface area (Å²) in [5.74, 6) is 2.15. The Hall–Kier alpha value is -1.95. The Balaban J connectivity index is 1.47. The van der Waals surface area contributed by atoms with Crippen molar-refractivity contribution in [3.63, 3.8) is 0 Å². The number of aryl methyl sites for hydroxylation is 1. The molecule has 0 aliphatic carbocycles. The van der Waals surface area contributed by atoms with Crippen molar-refractivity contribution in [1.29, 1.82) is 0 Å². The Kier molecular flexibility index (Phi) is 3.33. The second kappa shape index (κ2) is 5.35. The average Bonchev–Trinajstić information content (AvgIpc) is 3.18. The fourth-order valence-electron chi connectivity index (χ4n) is 3.68. The van der Waals surface area contributed by atoms with Crippen LogP contribution in [0.25, 0.3) is 0 Å². The zero-order valence-electron chi connectivity index (χ0n) is 12.6. The second-order valence-electron chi connectivity index (χ2n) is 6.23. The van der Waals surface area contributed by atoms with Crippen molar-refractivity contribution in [2.45, 2.75) is 25.9 Å². The number of halogens is 1. The van der Waals surface area contributed by atoms with E-state index < -0.39 is 0 Å². The van der Waals surface area contributed by atoms with Crippen LogP contribution in [-0.2, 0) is 6.54 Å². The number of hydrogen-bond acceptors (Lipinski definition) is 5. The molecule has 0 amide bonds. The lowest BCUT2D eigenvalue weighted by Crippen LogP contribution is -2.35. The highest BCUT2D eigenvalue weighted by Gasteiger charge is 2.41. The molecular weight excluding hydrogens is 283 g/mol. The lowest BCUT2D eigenvalue weighted by Gasteiger charge is -2.24. The molecule has 2 atom stereocenters. The standard InChI is InChI=1S/C16H19FN4O/c1-11-13(6-19-22-11)9-20-5-4-12-8-21(10-15(12)20)16-3-2-14(17)7-18-16/h2-3,6-7,12,15H,4-5,8-10H2,1H3.